The van der Waals surface area contributed by atoms with Crippen molar-refractivity contribution in [2.45, 2.75) is 62.2 Å². The molecule has 0 saturated heterocycles. The van der Waals surface area contributed by atoms with Crippen LogP contribution in [0.25, 0.3) is 33.4 Å². The third kappa shape index (κ3) is 4.32. The van der Waals surface area contributed by atoms with Gasteiger partial charge in [-0.15, -0.1) is 0 Å². The van der Waals surface area contributed by atoms with Crippen molar-refractivity contribution < 1.29 is 0 Å². The molecule has 6 aromatic carbocycles. The van der Waals surface area contributed by atoms with Crippen molar-refractivity contribution in [3.8, 4) is 22.3 Å². The van der Waals surface area contributed by atoms with Crippen LogP contribution in [0.2, 0.25) is 0 Å². The number of anilines is 2. The second-order valence-electron chi connectivity index (χ2n) is 16.9. The molecule has 1 nitrogen and oxygen atoms in total. The molecule has 0 N–H and O–H groups in total. The first-order valence-electron chi connectivity index (χ1n) is 21.0. The highest BCUT2D eigenvalue weighted by molar-refractivity contribution is 5.98. The Labute approximate surface area is 331 Å². The van der Waals surface area contributed by atoms with Gasteiger partial charge in [0.1, 0.15) is 0 Å². The summed E-state index contributed by atoms with van der Waals surface area (Å²) in [6, 6.07) is 55.5. The zero-order valence-corrected chi connectivity index (χ0v) is 31.8. The van der Waals surface area contributed by atoms with Crippen LogP contribution in [0.1, 0.15) is 84.7 Å². The molecule has 1 fully saturated rings. The topological polar surface area (TPSA) is 3.24 Å². The van der Waals surface area contributed by atoms with Gasteiger partial charge < -0.3 is 4.90 Å². The normalized spacial score (nSPS) is 21.8. The van der Waals surface area contributed by atoms with Gasteiger partial charge in [-0.25, -0.2) is 0 Å². The molecule has 2 unspecified atom stereocenters. The van der Waals surface area contributed by atoms with Crippen LogP contribution in [0.3, 0.4) is 0 Å². The summed E-state index contributed by atoms with van der Waals surface area (Å²) in [5, 5.41) is 0. The lowest BCUT2D eigenvalue weighted by molar-refractivity contribution is 0.238. The first-order chi connectivity index (χ1) is 27.8. The number of hydrogen-bond donors (Lipinski definition) is 0. The second kappa shape index (κ2) is 12.3. The summed E-state index contributed by atoms with van der Waals surface area (Å²) in [7, 11) is 0. The van der Waals surface area contributed by atoms with E-state index in [0.717, 1.165) is 19.3 Å². The molecule has 6 aromatic rings. The molecular weight excluding hydrogens is 675 g/mol. The van der Waals surface area contributed by atoms with Crippen molar-refractivity contribution in [2.75, 3.05) is 4.90 Å². The van der Waals surface area contributed by atoms with E-state index >= 15 is 0 Å². The van der Waals surface area contributed by atoms with Crippen LogP contribution in [0.4, 0.5) is 11.4 Å². The fourth-order valence-electron chi connectivity index (χ4n) is 12.3. The van der Waals surface area contributed by atoms with Gasteiger partial charge >= 0.3 is 0 Å². The van der Waals surface area contributed by atoms with Gasteiger partial charge in [0, 0.05) is 22.4 Å². The smallest absolute Gasteiger partial charge is 0.0688 e. The Morgan fingerprint density at radius 2 is 1.20 bits per heavy atom. The van der Waals surface area contributed by atoms with Gasteiger partial charge in [0.05, 0.1) is 11.1 Å². The summed E-state index contributed by atoms with van der Waals surface area (Å²) >= 11 is 0. The van der Waals surface area contributed by atoms with Crippen LogP contribution < -0.4 is 4.90 Å². The average molecular weight is 720 g/mol. The Morgan fingerprint density at radius 1 is 0.536 bits per heavy atom. The van der Waals surface area contributed by atoms with Gasteiger partial charge in [-0.1, -0.05) is 165 Å². The number of rotatable bonds is 4. The van der Waals surface area contributed by atoms with E-state index in [9.17, 15) is 0 Å². The van der Waals surface area contributed by atoms with Crippen LogP contribution in [-0.4, -0.2) is 0 Å². The minimum atomic E-state index is -0.265. The first-order valence-corrected chi connectivity index (χ1v) is 21.0. The Morgan fingerprint density at radius 3 is 2.02 bits per heavy atom. The van der Waals surface area contributed by atoms with Crippen LogP contribution in [0.15, 0.2) is 181 Å². The molecule has 1 saturated carbocycles. The summed E-state index contributed by atoms with van der Waals surface area (Å²) < 4.78 is 0. The maximum absolute atomic E-state index is 2.64. The fourth-order valence-corrected chi connectivity index (χ4v) is 12.3. The molecule has 56 heavy (non-hydrogen) atoms. The van der Waals surface area contributed by atoms with E-state index in [4.69, 9.17) is 0 Å². The SMILES string of the molecule is C1=CC2=C(CC1)C1(c3ccccc32)c2ccccc2-c2cc(N(C3=CC=C4c5ccccc5C5(CCCCC5)C4C3)c3ccccc3-c3ccccc3)ccc21. The largest absolute Gasteiger partial charge is 0.314 e. The maximum atomic E-state index is 2.64. The fraction of sp³-hybridized carbons (Fsp3) is 0.200. The van der Waals surface area contributed by atoms with Crippen LogP contribution >= 0.6 is 0 Å². The van der Waals surface area contributed by atoms with Gasteiger partial charge in [0.25, 0.3) is 0 Å². The summed E-state index contributed by atoms with van der Waals surface area (Å²) in [6.07, 6.45) is 19.5. The van der Waals surface area contributed by atoms with Crippen molar-refractivity contribution in [1.29, 1.82) is 0 Å². The molecule has 0 heterocycles. The Balaban J connectivity index is 1.08. The molecular formula is C55H45N. The van der Waals surface area contributed by atoms with Gasteiger partial charge in [-0.2, -0.15) is 0 Å². The summed E-state index contributed by atoms with van der Waals surface area (Å²) in [4.78, 5) is 2.64. The summed E-state index contributed by atoms with van der Waals surface area (Å²) in [6.45, 7) is 0. The van der Waals surface area contributed by atoms with E-state index < -0.39 is 0 Å². The zero-order valence-electron chi connectivity index (χ0n) is 31.8. The highest BCUT2D eigenvalue weighted by Gasteiger charge is 2.53. The van der Waals surface area contributed by atoms with Crippen molar-refractivity contribution in [1.82, 2.24) is 0 Å². The monoisotopic (exact) mass is 719 g/mol. The minimum Gasteiger partial charge on any atom is -0.314 e. The number of hydrogen-bond acceptors (Lipinski definition) is 1. The average Bonchev–Trinajstić information content (AvgIpc) is 3.84. The molecule has 0 amide bonds. The molecule has 2 atom stereocenters. The third-order valence-electron chi connectivity index (χ3n) is 14.5. The van der Waals surface area contributed by atoms with Crippen LogP contribution in [0.5, 0.6) is 0 Å². The highest BCUT2D eigenvalue weighted by Crippen LogP contribution is 2.65. The van der Waals surface area contributed by atoms with E-state index in [1.807, 2.05) is 0 Å². The molecule has 2 spiro atoms. The van der Waals surface area contributed by atoms with Gasteiger partial charge in [0.2, 0.25) is 0 Å². The molecule has 1 heteroatoms. The predicted octanol–water partition coefficient (Wildman–Crippen LogP) is 14.1. The molecule has 6 aliphatic rings. The number of nitrogens with zero attached hydrogens (tertiary/aromatic N) is 1. The quantitative estimate of drug-likeness (QED) is 0.175. The standard InChI is InChI=1S/C55H45N/c1-3-17-37(18-4-1)40-19-9-14-28-53(40)56(39-29-31-45-41-20-5-10-24-47(41)54(52(45)36-39)33-15-2-16-34-54)38-30-32-51-46(35-38)44-23-8-13-27-50(44)55(51)48-25-11-6-21-42(48)43-22-7-12-26-49(43)55/h1,3-11,13-14,17-25,27-32,35,52H,2,12,15-16,26,33-34,36H2. The molecule has 0 aromatic heterocycles. The molecule has 0 bridgehead atoms. The van der Waals surface area contributed by atoms with Crippen molar-refractivity contribution in [3.63, 3.8) is 0 Å². The van der Waals surface area contributed by atoms with Crippen molar-refractivity contribution in [2.24, 2.45) is 5.92 Å². The third-order valence-corrected chi connectivity index (χ3v) is 14.5. The lowest BCUT2D eigenvalue weighted by Gasteiger charge is -2.43. The van der Waals surface area contributed by atoms with E-state index in [2.05, 4.69) is 175 Å². The van der Waals surface area contributed by atoms with E-state index in [0.29, 0.717) is 5.92 Å². The first kappa shape index (κ1) is 32.3. The van der Waals surface area contributed by atoms with Gasteiger partial charge in [-0.05, 0) is 129 Å². The number of para-hydroxylation sites is 1. The van der Waals surface area contributed by atoms with Crippen molar-refractivity contribution in [3.05, 3.63) is 215 Å². The number of fused-ring (bicyclic) bond motifs is 14. The number of allylic oxidation sites excluding steroid dienone is 8. The van der Waals surface area contributed by atoms with E-state index in [1.54, 1.807) is 16.7 Å². The Kier molecular flexibility index (Phi) is 7.10. The predicted molar refractivity (Wildman–Crippen MR) is 233 cm³/mol. The second-order valence-corrected chi connectivity index (χ2v) is 16.9. The Bertz CT molecular complexity index is 2710. The zero-order chi connectivity index (χ0) is 36.8. The van der Waals surface area contributed by atoms with Crippen LogP contribution in [-0.2, 0) is 10.8 Å². The minimum absolute atomic E-state index is 0.212. The Hall–Kier alpha value is -5.92. The molecule has 270 valence electrons. The molecule has 12 rings (SSSR count). The van der Waals surface area contributed by atoms with Gasteiger partial charge in [-0.3, -0.25) is 0 Å². The maximum Gasteiger partial charge on any atom is 0.0688 e. The summed E-state index contributed by atoms with van der Waals surface area (Å²) in [5.74, 6) is 0.477. The molecule has 0 radical (unpaired) electrons. The van der Waals surface area contributed by atoms with Crippen LogP contribution in [0, 0.1) is 5.92 Å². The van der Waals surface area contributed by atoms with E-state index in [1.165, 1.54) is 105 Å². The highest BCUT2D eigenvalue weighted by atomic mass is 15.2. The lowest BCUT2D eigenvalue weighted by Crippen LogP contribution is -2.36. The van der Waals surface area contributed by atoms with E-state index in [-0.39, 0.29) is 10.8 Å². The molecule has 6 aliphatic carbocycles. The van der Waals surface area contributed by atoms with Crippen molar-refractivity contribution >= 4 is 22.5 Å². The molecule has 0 aliphatic heterocycles. The number of benzene rings is 6. The summed E-state index contributed by atoms with van der Waals surface area (Å²) in [5.41, 5.74) is 22.4. The van der Waals surface area contributed by atoms with Gasteiger partial charge in [0.15, 0.2) is 0 Å². The lowest BCUT2D eigenvalue weighted by atomic mass is 9.63.